The second kappa shape index (κ2) is 6.25. The molecule has 1 aromatic heterocycles. The third-order valence-corrected chi connectivity index (χ3v) is 6.00. The Bertz CT molecular complexity index is 659. The van der Waals surface area contributed by atoms with Crippen molar-refractivity contribution in [1.82, 2.24) is 19.8 Å². The van der Waals surface area contributed by atoms with Crippen LogP contribution in [-0.4, -0.2) is 40.6 Å². The molecule has 2 saturated heterocycles. The van der Waals surface area contributed by atoms with E-state index in [4.69, 9.17) is 4.98 Å². The van der Waals surface area contributed by atoms with Crippen molar-refractivity contribution in [2.24, 2.45) is 5.41 Å². The molecule has 2 aliphatic rings. The molecule has 0 unspecified atom stereocenters. The first-order valence-electron chi connectivity index (χ1n) is 9.17. The summed E-state index contributed by atoms with van der Waals surface area (Å²) in [4.78, 5) is 7.50. The number of benzene rings is 1. The second-order valence-electron chi connectivity index (χ2n) is 7.29. The summed E-state index contributed by atoms with van der Waals surface area (Å²) >= 11 is 0. The summed E-state index contributed by atoms with van der Waals surface area (Å²) in [6.45, 7) is 9.10. The van der Waals surface area contributed by atoms with Gasteiger partial charge >= 0.3 is 0 Å². The van der Waals surface area contributed by atoms with Gasteiger partial charge in [-0.05, 0) is 76.3 Å². The van der Waals surface area contributed by atoms with E-state index in [2.05, 4.69) is 46.0 Å². The maximum Gasteiger partial charge on any atom is 0.124 e. The van der Waals surface area contributed by atoms with Crippen molar-refractivity contribution in [3.05, 3.63) is 30.1 Å². The fraction of sp³-hybridized carbons (Fsp3) is 0.632. The number of piperidine rings is 2. The SMILES string of the molecule is CCn1c(CN2CCC3(CCNCC3)CC2)nc2ccccc21. The highest BCUT2D eigenvalue weighted by molar-refractivity contribution is 5.75. The third-order valence-electron chi connectivity index (χ3n) is 6.00. The van der Waals surface area contributed by atoms with Crippen LogP contribution < -0.4 is 5.32 Å². The van der Waals surface area contributed by atoms with E-state index in [1.165, 1.54) is 63.2 Å². The lowest BCUT2D eigenvalue weighted by atomic mass is 9.71. The highest BCUT2D eigenvalue weighted by Gasteiger charge is 2.35. The van der Waals surface area contributed by atoms with Crippen LogP contribution in [0.1, 0.15) is 38.4 Å². The van der Waals surface area contributed by atoms with Gasteiger partial charge in [-0.3, -0.25) is 4.90 Å². The zero-order chi connectivity index (χ0) is 15.7. The summed E-state index contributed by atoms with van der Waals surface area (Å²) in [6.07, 6.45) is 5.46. The number of para-hydroxylation sites is 2. The normalized spacial score (nSPS) is 22.0. The maximum absolute atomic E-state index is 4.89. The quantitative estimate of drug-likeness (QED) is 0.946. The molecule has 2 aliphatic heterocycles. The topological polar surface area (TPSA) is 33.1 Å². The lowest BCUT2D eigenvalue weighted by Crippen LogP contribution is -2.45. The molecule has 0 saturated carbocycles. The van der Waals surface area contributed by atoms with Crippen molar-refractivity contribution in [3.63, 3.8) is 0 Å². The Morgan fingerprint density at radius 2 is 1.83 bits per heavy atom. The minimum absolute atomic E-state index is 0.632. The molecule has 2 aromatic rings. The number of rotatable bonds is 3. The number of hydrogen-bond acceptors (Lipinski definition) is 3. The first-order chi connectivity index (χ1) is 11.3. The van der Waals surface area contributed by atoms with Crippen LogP contribution in [0.25, 0.3) is 11.0 Å². The van der Waals surface area contributed by atoms with Gasteiger partial charge in [0.05, 0.1) is 17.6 Å². The van der Waals surface area contributed by atoms with Gasteiger partial charge in [0.25, 0.3) is 0 Å². The van der Waals surface area contributed by atoms with E-state index in [1.807, 2.05) is 0 Å². The molecule has 1 N–H and O–H groups in total. The van der Waals surface area contributed by atoms with Gasteiger partial charge in [-0.25, -0.2) is 4.98 Å². The Kier molecular flexibility index (Phi) is 4.12. The molecular formula is C19H28N4. The second-order valence-corrected chi connectivity index (χ2v) is 7.29. The highest BCUT2D eigenvalue weighted by atomic mass is 15.2. The molecule has 0 bridgehead atoms. The molecule has 124 valence electrons. The van der Waals surface area contributed by atoms with Crippen LogP contribution in [0.2, 0.25) is 0 Å². The minimum atomic E-state index is 0.632. The summed E-state index contributed by atoms with van der Waals surface area (Å²) in [5, 5.41) is 3.51. The van der Waals surface area contributed by atoms with E-state index in [-0.39, 0.29) is 0 Å². The van der Waals surface area contributed by atoms with Crippen LogP contribution in [-0.2, 0) is 13.1 Å². The molecule has 1 spiro atoms. The molecule has 0 aliphatic carbocycles. The number of hydrogen-bond donors (Lipinski definition) is 1. The summed E-state index contributed by atoms with van der Waals surface area (Å²) in [5.41, 5.74) is 3.04. The molecule has 1 aromatic carbocycles. The van der Waals surface area contributed by atoms with Crippen LogP contribution in [0.3, 0.4) is 0 Å². The molecule has 23 heavy (non-hydrogen) atoms. The zero-order valence-corrected chi connectivity index (χ0v) is 14.2. The van der Waals surface area contributed by atoms with Crippen LogP contribution >= 0.6 is 0 Å². The van der Waals surface area contributed by atoms with E-state index in [0.29, 0.717) is 5.41 Å². The summed E-state index contributed by atoms with van der Waals surface area (Å²) in [5.74, 6) is 1.23. The monoisotopic (exact) mass is 312 g/mol. The van der Waals surface area contributed by atoms with Crippen molar-refractivity contribution < 1.29 is 0 Å². The smallest absolute Gasteiger partial charge is 0.124 e. The first-order valence-corrected chi connectivity index (χ1v) is 9.17. The lowest BCUT2D eigenvalue weighted by Gasteiger charge is -2.44. The van der Waals surface area contributed by atoms with Crippen molar-refractivity contribution in [2.45, 2.75) is 45.7 Å². The van der Waals surface area contributed by atoms with Gasteiger partial charge in [0.2, 0.25) is 0 Å². The van der Waals surface area contributed by atoms with Gasteiger partial charge < -0.3 is 9.88 Å². The maximum atomic E-state index is 4.89. The van der Waals surface area contributed by atoms with E-state index in [9.17, 15) is 0 Å². The highest BCUT2D eigenvalue weighted by Crippen LogP contribution is 2.39. The van der Waals surface area contributed by atoms with Gasteiger partial charge in [0, 0.05) is 6.54 Å². The molecule has 0 amide bonds. The Morgan fingerprint density at radius 1 is 1.09 bits per heavy atom. The van der Waals surface area contributed by atoms with Crippen LogP contribution in [0.5, 0.6) is 0 Å². The zero-order valence-electron chi connectivity index (χ0n) is 14.2. The third kappa shape index (κ3) is 2.90. The molecule has 2 fully saturated rings. The molecule has 4 rings (SSSR count). The van der Waals surface area contributed by atoms with Crippen molar-refractivity contribution >= 4 is 11.0 Å². The van der Waals surface area contributed by atoms with E-state index < -0.39 is 0 Å². The predicted octanol–water partition coefficient (Wildman–Crippen LogP) is 3.02. The Hall–Kier alpha value is -1.39. The minimum Gasteiger partial charge on any atom is -0.327 e. The number of imidazole rings is 1. The molecular weight excluding hydrogens is 284 g/mol. The fourth-order valence-corrected chi connectivity index (χ4v) is 4.44. The number of aromatic nitrogens is 2. The number of likely N-dealkylation sites (tertiary alicyclic amines) is 1. The lowest BCUT2D eigenvalue weighted by molar-refractivity contribution is 0.0683. The summed E-state index contributed by atoms with van der Waals surface area (Å²) < 4.78 is 2.38. The van der Waals surface area contributed by atoms with Crippen molar-refractivity contribution in [2.75, 3.05) is 26.2 Å². The van der Waals surface area contributed by atoms with Crippen LogP contribution in [0.15, 0.2) is 24.3 Å². The van der Waals surface area contributed by atoms with E-state index in [1.54, 1.807) is 0 Å². The Balaban J connectivity index is 1.47. The molecule has 4 nitrogen and oxygen atoms in total. The summed E-state index contributed by atoms with van der Waals surface area (Å²) in [6, 6.07) is 8.52. The number of aryl methyl sites for hydroxylation is 1. The first kappa shape index (κ1) is 15.2. The Morgan fingerprint density at radius 3 is 2.57 bits per heavy atom. The summed E-state index contributed by atoms with van der Waals surface area (Å²) in [7, 11) is 0. The predicted molar refractivity (Wildman–Crippen MR) is 94.5 cm³/mol. The largest absolute Gasteiger partial charge is 0.327 e. The van der Waals surface area contributed by atoms with Gasteiger partial charge in [0.15, 0.2) is 0 Å². The molecule has 0 atom stereocenters. The van der Waals surface area contributed by atoms with Crippen molar-refractivity contribution in [1.29, 1.82) is 0 Å². The standard InChI is InChI=1S/C19H28N4/c1-2-23-17-6-4-3-5-16(17)21-18(23)15-22-13-9-19(10-14-22)7-11-20-12-8-19/h3-6,20H,2,7-15H2,1H3. The molecule has 0 radical (unpaired) electrons. The number of fused-ring (bicyclic) bond motifs is 1. The average Bonchev–Trinajstić information content (AvgIpc) is 2.95. The van der Waals surface area contributed by atoms with Crippen molar-refractivity contribution in [3.8, 4) is 0 Å². The number of nitrogens with one attached hydrogen (secondary N) is 1. The van der Waals surface area contributed by atoms with Gasteiger partial charge in [-0.1, -0.05) is 12.1 Å². The van der Waals surface area contributed by atoms with Gasteiger partial charge in [0.1, 0.15) is 5.82 Å². The van der Waals surface area contributed by atoms with Gasteiger partial charge in [-0.2, -0.15) is 0 Å². The fourth-order valence-electron chi connectivity index (χ4n) is 4.44. The molecule has 4 heteroatoms. The van der Waals surface area contributed by atoms with E-state index >= 15 is 0 Å². The van der Waals surface area contributed by atoms with Crippen LogP contribution in [0, 0.1) is 5.41 Å². The average molecular weight is 312 g/mol. The van der Waals surface area contributed by atoms with Crippen LogP contribution in [0.4, 0.5) is 0 Å². The number of nitrogens with zero attached hydrogens (tertiary/aromatic N) is 3. The van der Waals surface area contributed by atoms with Gasteiger partial charge in [-0.15, -0.1) is 0 Å². The van der Waals surface area contributed by atoms with E-state index in [0.717, 1.165) is 18.6 Å². The Labute approximate surface area is 138 Å². The molecule has 3 heterocycles.